The van der Waals surface area contributed by atoms with E-state index in [1.807, 2.05) is 0 Å². The summed E-state index contributed by atoms with van der Waals surface area (Å²) in [6, 6.07) is 13.3. The largest absolute Gasteiger partial charge is 0.408 e. The molecule has 0 aromatic heterocycles. The van der Waals surface area contributed by atoms with Crippen molar-refractivity contribution in [2.24, 2.45) is 0 Å². The zero-order valence-corrected chi connectivity index (χ0v) is 16.8. The molecule has 2 aliphatic rings. The predicted molar refractivity (Wildman–Crippen MR) is 120 cm³/mol. The summed E-state index contributed by atoms with van der Waals surface area (Å²) in [7, 11) is 0. The fourth-order valence-electron chi connectivity index (χ4n) is 4.91. The van der Waals surface area contributed by atoms with Crippen molar-refractivity contribution in [3.05, 3.63) is 36.4 Å². The van der Waals surface area contributed by atoms with Crippen molar-refractivity contribution in [2.75, 3.05) is 23.5 Å². The second-order valence-electron chi connectivity index (χ2n) is 8.34. The first kappa shape index (κ1) is 18.7. The van der Waals surface area contributed by atoms with E-state index >= 15 is 0 Å². The van der Waals surface area contributed by atoms with Crippen LogP contribution < -0.4 is 10.5 Å². The van der Waals surface area contributed by atoms with Gasteiger partial charge in [0.25, 0.3) is 0 Å². The van der Waals surface area contributed by atoms with E-state index in [-0.39, 0.29) is 0 Å². The molecule has 1 saturated heterocycles. The summed E-state index contributed by atoms with van der Waals surface area (Å²) in [5.74, 6) is 0.565. The van der Waals surface area contributed by atoms with Crippen LogP contribution in [0.4, 0.5) is 11.4 Å². The average Bonchev–Trinajstić information content (AvgIpc) is 2.72. The second-order valence-corrected chi connectivity index (χ2v) is 8.34. The van der Waals surface area contributed by atoms with Gasteiger partial charge in [0.2, 0.25) is 0 Å². The molecular weight excluding hydrogens is 329 g/mol. The number of anilines is 2. The Kier molecular flexibility index (Phi) is 6.23. The first-order chi connectivity index (χ1) is 13.4. The molecule has 3 nitrogen and oxygen atoms in total. The molecule has 1 unspecified atom stereocenters. The number of piperidine rings is 1. The molecule has 0 aliphatic carbocycles. The smallest absolute Gasteiger partial charge is 0.388 e. The number of nitrogens with one attached hydrogen (secondary N) is 2. The molecule has 2 aromatic carbocycles. The topological polar surface area (TPSA) is 27.3 Å². The van der Waals surface area contributed by atoms with Crippen molar-refractivity contribution >= 4 is 29.1 Å². The quantitative estimate of drug-likeness (QED) is 0.450. The maximum Gasteiger partial charge on any atom is 0.388 e. The molecule has 0 bridgehead atoms. The summed E-state index contributed by atoms with van der Waals surface area (Å²) in [5.41, 5.74) is 2.58. The third-order valence-corrected chi connectivity index (χ3v) is 6.37. The number of likely N-dealkylation sites (tertiary alicyclic amines) is 1. The lowest BCUT2D eigenvalue weighted by Gasteiger charge is -2.40. The zero-order chi connectivity index (χ0) is 18.5. The van der Waals surface area contributed by atoms with Gasteiger partial charge in [0, 0.05) is 22.7 Å². The number of hydrogen-bond acceptors (Lipinski definition) is 3. The van der Waals surface area contributed by atoms with Crippen LogP contribution in [0.1, 0.15) is 64.7 Å². The van der Waals surface area contributed by atoms with Gasteiger partial charge in [-0.2, -0.15) is 0 Å². The van der Waals surface area contributed by atoms with E-state index in [0.717, 1.165) is 0 Å². The maximum absolute atomic E-state index is 3.86. The molecule has 4 heteroatoms. The standard InChI is InChI=1S/C23H34BN3/c1-2-3-4-5-7-16-22(27-17-8-6-9-18-27)24-25-20-14-10-12-19-13-11-15-21(26-24)23(19)20/h10-15,22,25-26H,2-9,16-18H2,1H3. The zero-order valence-electron chi connectivity index (χ0n) is 16.8. The minimum Gasteiger partial charge on any atom is -0.408 e. The summed E-state index contributed by atoms with van der Waals surface area (Å²) < 4.78 is 0. The molecule has 2 aliphatic heterocycles. The highest BCUT2D eigenvalue weighted by atomic mass is 15.2. The number of rotatable bonds is 8. The van der Waals surface area contributed by atoms with Gasteiger partial charge >= 0.3 is 6.98 Å². The van der Waals surface area contributed by atoms with Gasteiger partial charge in [-0.05, 0) is 49.9 Å². The van der Waals surface area contributed by atoms with Crippen LogP contribution in [0.5, 0.6) is 0 Å². The minimum atomic E-state index is 0.301. The molecule has 0 spiro atoms. The lowest BCUT2D eigenvalue weighted by molar-refractivity contribution is 0.196. The van der Waals surface area contributed by atoms with E-state index < -0.39 is 0 Å². The number of hydrogen-bond donors (Lipinski definition) is 2. The van der Waals surface area contributed by atoms with Crippen LogP contribution in [0.3, 0.4) is 0 Å². The molecule has 4 rings (SSSR count). The third kappa shape index (κ3) is 4.26. The van der Waals surface area contributed by atoms with Crippen molar-refractivity contribution in [1.82, 2.24) is 4.90 Å². The fourth-order valence-corrected chi connectivity index (χ4v) is 4.91. The van der Waals surface area contributed by atoms with Crippen LogP contribution in [0.25, 0.3) is 10.8 Å². The average molecular weight is 363 g/mol. The monoisotopic (exact) mass is 363 g/mol. The van der Waals surface area contributed by atoms with E-state index in [1.54, 1.807) is 0 Å². The third-order valence-electron chi connectivity index (χ3n) is 6.37. The lowest BCUT2D eigenvalue weighted by Crippen LogP contribution is -2.57. The normalized spacial score (nSPS) is 18.2. The van der Waals surface area contributed by atoms with Crippen LogP contribution in [0.2, 0.25) is 0 Å². The molecule has 1 fully saturated rings. The maximum atomic E-state index is 3.86. The van der Waals surface area contributed by atoms with Crippen LogP contribution in [-0.2, 0) is 0 Å². The number of benzene rings is 2. The lowest BCUT2D eigenvalue weighted by atomic mass is 9.62. The van der Waals surface area contributed by atoms with E-state index in [1.165, 1.54) is 93.0 Å². The summed E-state index contributed by atoms with van der Waals surface area (Å²) in [5, 5.41) is 10.4. The van der Waals surface area contributed by atoms with Crippen molar-refractivity contribution in [1.29, 1.82) is 0 Å². The number of nitrogens with zero attached hydrogens (tertiary/aromatic N) is 1. The highest BCUT2D eigenvalue weighted by Crippen LogP contribution is 2.35. The van der Waals surface area contributed by atoms with Crippen molar-refractivity contribution in [3.63, 3.8) is 0 Å². The Morgan fingerprint density at radius 1 is 0.889 bits per heavy atom. The Hall–Kier alpha value is -1.68. The molecule has 0 saturated carbocycles. The summed E-state index contributed by atoms with van der Waals surface area (Å²) in [4.78, 5) is 2.75. The van der Waals surface area contributed by atoms with Gasteiger partial charge in [0.15, 0.2) is 0 Å². The van der Waals surface area contributed by atoms with Gasteiger partial charge in [0.1, 0.15) is 0 Å². The van der Waals surface area contributed by atoms with Crippen molar-refractivity contribution in [2.45, 2.75) is 70.7 Å². The highest BCUT2D eigenvalue weighted by Gasteiger charge is 2.35. The van der Waals surface area contributed by atoms with E-state index in [2.05, 4.69) is 58.7 Å². The van der Waals surface area contributed by atoms with Crippen LogP contribution in [-0.4, -0.2) is 30.9 Å². The van der Waals surface area contributed by atoms with Crippen molar-refractivity contribution in [3.8, 4) is 0 Å². The van der Waals surface area contributed by atoms with Crippen molar-refractivity contribution < 1.29 is 0 Å². The van der Waals surface area contributed by atoms with Gasteiger partial charge in [0.05, 0.1) is 0 Å². The molecule has 144 valence electrons. The summed E-state index contributed by atoms with van der Waals surface area (Å²) in [6.45, 7) is 5.11. The summed E-state index contributed by atoms with van der Waals surface area (Å²) in [6.07, 6.45) is 12.2. The van der Waals surface area contributed by atoms with Gasteiger partial charge in [-0.3, -0.25) is 0 Å². The van der Waals surface area contributed by atoms with E-state index in [0.29, 0.717) is 12.9 Å². The highest BCUT2D eigenvalue weighted by molar-refractivity contribution is 6.69. The Labute approximate surface area is 165 Å². The molecule has 27 heavy (non-hydrogen) atoms. The van der Waals surface area contributed by atoms with Gasteiger partial charge in [-0.25, -0.2) is 0 Å². The van der Waals surface area contributed by atoms with E-state index in [4.69, 9.17) is 0 Å². The van der Waals surface area contributed by atoms with E-state index in [9.17, 15) is 0 Å². The molecular formula is C23H34BN3. The second kappa shape index (κ2) is 9.01. The SMILES string of the molecule is CCCCCCCC(B1Nc2cccc3cccc(c23)N1)N1CCCCC1. The molecule has 2 heterocycles. The fraction of sp³-hybridized carbons (Fsp3) is 0.565. The summed E-state index contributed by atoms with van der Waals surface area (Å²) >= 11 is 0. The van der Waals surface area contributed by atoms with Gasteiger partial charge < -0.3 is 15.4 Å². The van der Waals surface area contributed by atoms with Crippen LogP contribution in [0, 0.1) is 0 Å². The first-order valence-corrected chi connectivity index (χ1v) is 11.2. The Morgan fingerprint density at radius 3 is 2.22 bits per heavy atom. The predicted octanol–water partition coefficient (Wildman–Crippen LogP) is 5.92. The van der Waals surface area contributed by atoms with Gasteiger partial charge in [-0.15, -0.1) is 0 Å². The Morgan fingerprint density at radius 2 is 1.56 bits per heavy atom. The minimum absolute atomic E-state index is 0.301. The van der Waals surface area contributed by atoms with Gasteiger partial charge in [-0.1, -0.05) is 69.7 Å². The van der Waals surface area contributed by atoms with Crippen LogP contribution in [0.15, 0.2) is 36.4 Å². The first-order valence-electron chi connectivity index (χ1n) is 11.2. The molecule has 1 atom stereocenters. The number of unbranched alkanes of at least 4 members (excludes halogenated alkanes) is 4. The molecule has 2 aromatic rings. The Balaban J connectivity index is 1.51. The molecule has 0 amide bonds. The van der Waals surface area contributed by atoms with Crippen LogP contribution >= 0.6 is 0 Å². The molecule has 2 N–H and O–H groups in total. The molecule has 0 radical (unpaired) electrons. The Bertz CT molecular complexity index is 701.